The molecule has 3 aromatic carbocycles. The van der Waals surface area contributed by atoms with E-state index in [4.69, 9.17) is 14.5 Å². The van der Waals surface area contributed by atoms with Crippen LogP contribution in [-0.2, 0) is 4.79 Å². The molecule has 0 N–H and O–H groups in total. The van der Waals surface area contributed by atoms with Crippen molar-refractivity contribution in [2.75, 3.05) is 19.1 Å². The molecule has 1 fully saturated rings. The van der Waals surface area contributed by atoms with Crippen LogP contribution < -0.4 is 14.4 Å². The Kier molecular flexibility index (Phi) is 6.44. The zero-order valence-electron chi connectivity index (χ0n) is 16.9. The number of methoxy groups -OCH3 is 2. The molecule has 1 saturated heterocycles. The summed E-state index contributed by atoms with van der Waals surface area (Å²) in [6.07, 6.45) is 1.84. The van der Waals surface area contributed by atoms with Gasteiger partial charge in [-0.15, -0.1) is 0 Å². The second-order valence-corrected chi connectivity index (χ2v) is 8.42. The van der Waals surface area contributed by atoms with Gasteiger partial charge in [0.2, 0.25) is 0 Å². The minimum absolute atomic E-state index is 0.128. The van der Waals surface area contributed by atoms with Crippen LogP contribution >= 0.6 is 27.7 Å². The molecular formula is C24H19BrN2O3S. The van der Waals surface area contributed by atoms with E-state index in [9.17, 15) is 4.79 Å². The van der Waals surface area contributed by atoms with Crippen LogP contribution in [0, 0.1) is 0 Å². The fourth-order valence-electron chi connectivity index (χ4n) is 3.14. The van der Waals surface area contributed by atoms with E-state index < -0.39 is 0 Å². The molecule has 7 heteroatoms. The van der Waals surface area contributed by atoms with Crippen molar-refractivity contribution in [1.29, 1.82) is 0 Å². The Labute approximate surface area is 193 Å². The first-order valence-electron chi connectivity index (χ1n) is 9.45. The van der Waals surface area contributed by atoms with Crippen molar-refractivity contribution in [3.05, 3.63) is 87.7 Å². The highest BCUT2D eigenvalue weighted by Gasteiger charge is 2.34. The van der Waals surface area contributed by atoms with Crippen LogP contribution in [0.25, 0.3) is 6.08 Å². The molecule has 0 aromatic heterocycles. The molecule has 0 spiro atoms. The van der Waals surface area contributed by atoms with E-state index in [2.05, 4.69) is 15.9 Å². The van der Waals surface area contributed by atoms with Crippen LogP contribution in [0.5, 0.6) is 11.5 Å². The highest BCUT2D eigenvalue weighted by Crippen LogP contribution is 2.40. The Morgan fingerprint density at radius 2 is 1.65 bits per heavy atom. The summed E-state index contributed by atoms with van der Waals surface area (Å²) in [5, 5.41) is 0.605. The molecule has 0 unspecified atom stereocenters. The fraction of sp³-hybridized carbons (Fsp3) is 0.0833. The van der Waals surface area contributed by atoms with Gasteiger partial charge in [0.1, 0.15) is 0 Å². The molecule has 4 rings (SSSR count). The van der Waals surface area contributed by atoms with Crippen molar-refractivity contribution in [1.82, 2.24) is 0 Å². The number of hydrogen-bond donors (Lipinski definition) is 0. The van der Waals surface area contributed by atoms with Gasteiger partial charge in [-0.3, -0.25) is 9.69 Å². The Hall–Kier alpha value is -3.03. The molecule has 0 atom stereocenters. The number of halogens is 1. The average Bonchev–Trinajstić information content (AvgIpc) is 3.09. The van der Waals surface area contributed by atoms with E-state index in [1.54, 1.807) is 19.1 Å². The van der Waals surface area contributed by atoms with Crippen LogP contribution in [0.4, 0.5) is 11.4 Å². The molecule has 3 aromatic rings. The topological polar surface area (TPSA) is 51.1 Å². The van der Waals surface area contributed by atoms with Gasteiger partial charge >= 0.3 is 0 Å². The van der Waals surface area contributed by atoms with Crippen LogP contribution in [0.1, 0.15) is 5.56 Å². The minimum Gasteiger partial charge on any atom is -0.493 e. The van der Waals surface area contributed by atoms with Crippen molar-refractivity contribution in [2.24, 2.45) is 4.99 Å². The molecule has 1 aliphatic heterocycles. The van der Waals surface area contributed by atoms with Crippen LogP contribution in [0.3, 0.4) is 0 Å². The van der Waals surface area contributed by atoms with E-state index in [-0.39, 0.29) is 5.91 Å². The van der Waals surface area contributed by atoms with Crippen molar-refractivity contribution >= 4 is 56.2 Å². The predicted octanol–water partition coefficient (Wildman–Crippen LogP) is 6.27. The zero-order chi connectivity index (χ0) is 21.8. The van der Waals surface area contributed by atoms with Gasteiger partial charge in [-0.05, 0) is 75.7 Å². The number of para-hydroxylation sites is 2. The first-order valence-corrected chi connectivity index (χ1v) is 11.1. The third-order valence-electron chi connectivity index (χ3n) is 4.56. The van der Waals surface area contributed by atoms with E-state index in [0.29, 0.717) is 21.6 Å². The van der Waals surface area contributed by atoms with E-state index in [1.807, 2.05) is 78.9 Å². The van der Waals surface area contributed by atoms with Crippen molar-refractivity contribution in [3.8, 4) is 11.5 Å². The smallest absolute Gasteiger partial charge is 0.271 e. The maximum Gasteiger partial charge on any atom is 0.271 e. The highest BCUT2D eigenvalue weighted by atomic mass is 79.9. The standard InChI is InChI=1S/C24H19BrN2O3S/c1-29-20-14-16(13-19(25)22(20)30-2)15-21-23(28)27(18-11-7-4-8-12-18)24(31-21)26-17-9-5-3-6-10-17/h3-15H,1-2H3/b21-15+,26-24?. The summed E-state index contributed by atoms with van der Waals surface area (Å²) in [7, 11) is 3.17. The lowest BCUT2D eigenvalue weighted by Gasteiger charge is -2.15. The number of amides is 1. The molecule has 1 amide bonds. The van der Waals surface area contributed by atoms with Gasteiger partial charge in [-0.1, -0.05) is 36.4 Å². The average molecular weight is 495 g/mol. The summed E-state index contributed by atoms with van der Waals surface area (Å²) < 4.78 is 11.6. The number of ether oxygens (including phenoxy) is 2. The molecule has 1 heterocycles. The third kappa shape index (κ3) is 4.52. The van der Waals surface area contributed by atoms with Gasteiger partial charge in [0.05, 0.1) is 35.0 Å². The Morgan fingerprint density at radius 3 is 2.29 bits per heavy atom. The second-order valence-electron chi connectivity index (χ2n) is 6.55. The number of benzene rings is 3. The molecule has 0 aliphatic carbocycles. The number of amidine groups is 1. The lowest BCUT2D eigenvalue weighted by Crippen LogP contribution is -2.28. The number of carbonyl (C=O) groups is 1. The van der Waals surface area contributed by atoms with Gasteiger partial charge in [-0.25, -0.2) is 4.99 Å². The largest absolute Gasteiger partial charge is 0.493 e. The van der Waals surface area contributed by atoms with Gasteiger partial charge in [0.15, 0.2) is 16.7 Å². The summed E-state index contributed by atoms with van der Waals surface area (Å²) in [6.45, 7) is 0. The predicted molar refractivity (Wildman–Crippen MR) is 130 cm³/mol. The summed E-state index contributed by atoms with van der Waals surface area (Å²) in [6, 6.07) is 22.9. The minimum atomic E-state index is -0.128. The van der Waals surface area contributed by atoms with Gasteiger partial charge in [0, 0.05) is 0 Å². The SMILES string of the molecule is COc1cc(/C=C2/SC(=Nc3ccccc3)N(c3ccccc3)C2=O)cc(Br)c1OC. The van der Waals surface area contributed by atoms with Gasteiger partial charge in [0.25, 0.3) is 5.91 Å². The normalized spacial score (nSPS) is 16.2. The Morgan fingerprint density at radius 1 is 0.968 bits per heavy atom. The Bertz CT molecular complexity index is 1160. The lowest BCUT2D eigenvalue weighted by molar-refractivity contribution is -0.113. The molecule has 0 radical (unpaired) electrons. The second kappa shape index (κ2) is 9.41. The fourth-order valence-corrected chi connectivity index (χ4v) is 4.76. The molecular weight excluding hydrogens is 476 g/mol. The van der Waals surface area contributed by atoms with E-state index in [1.165, 1.54) is 11.8 Å². The molecule has 5 nitrogen and oxygen atoms in total. The number of aliphatic imine (C=N–C) groups is 1. The maximum atomic E-state index is 13.4. The van der Waals surface area contributed by atoms with Gasteiger partial charge in [-0.2, -0.15) is 0 Å². The first kappa shape index (κ1) is 21.2. The maximum absolute atomic E-state index is 13.4. The number of nitrogens with zero attached hydrogens (tertiary/aromatic N) is 2. The first-order chi connectivity index (χ1) is 15.1. The number of anilines is 1. The highest BCUT2D eigenvalue weighted by molar-refractivity contribution is 9.10. The van der Waals surface area contributed by atoms with Crippen LogP contribution in [-0.4, -0.2) is 25.3 Å². The van der Waals surface area contributed by atoms with Gasteiger partial charge < -0.3 is 9.47 Å². The number of carbonyl (C=O) groups excluding carboxylic acids is 1. The summed E-state index contributed by atoms with van der Waals surface area (Å²) in [4.78, 5) is 20.3. The lowest BCUT2D eigenvalue weighted by atomic mass is 10.2. The Balaban J connectivity index is 1.77. The van der Waals surface area contributed by atoms with E-state index >= 15 is 0 Å². The van der Waals surface area contributed by atoms with Crippen LogP contribution in [0.15, 0.2) is 87.2 Å². The van der Waals surface area contributed by atoms with Crippen molar-refractivity contribution in [2.45, 2.75) is 0 Å². The summed E-state index contributed by atoms with van der Waals surface area (Å²) in [5.74, 6) is 1.06. The monoisotopic (exact) mass is 494 g/mol. The quantitative estimate of drug-likeness (QED) is 0.392. The number of hydrogen-bond acceptors (Lipinski definition) is 5. The van der Waals surface area contributed by atoms with Crippen molar-refractivity contribution in [3.63, 3.8) is 0 Å². The molecule has 0 saturated carbocycles. The molecule has 156 valence electrons. The number of rotatable bonds is 5. The summed E-state index contributed by atoms with van der Waals surface area (Å²) >= 11 is 4.85. The van der Waals surface area contributed by atoms with Crippen molar-refractivity contribution < 1.29 is 14.3 Å². The summed E-state index contributed by atoms with van der Waals surface area (Å²) in [5.41, 5.74) is 2.37. The van der Waals surface area contributed by atoms with Crippen LogP contribution in [0.2, 0.25) is 0 Å². The zero-order valence-corrected chi connectivity index (χ0v) is 19.3. The molecule has 1 aliphatic rings. The third-order valence-corrected chi connectivity index (χ3v) is 6.11. The van der Waals surface area contributed by atoms with E-state index in [0.717, 1.165) is 21.4 Å². The number of thioether (sulfide) groups is 1. The molecule has 0 bridgehead atoms. The molecule has 31 heavy (non-hydrogen) atoms.